The Hall–Kier alpha value is -1.33. The molecule has 2 heterocycles. The van der Waals surface area contributed by atoms with E-state index in [1.807, 2.05) is 11.8 Å². The van der Waals surface area contributed by atoms with E-state index in [0.29, 0.717) is 11.7 Å². The van der Waals surface area contributed by atoms with Gasteiger partial charge < -0.3 is 10.3 Å². The molecule has 1 aromatic heterocycles. The summed E-state index contributed by atoms with van der Waals surface area (Å²) in [5, 5.41) is 4.03. The van der Waals surface area contributed by atoms with Gasteiger partial charge in [0, 0.05) is 10.6 Å². The van der Waals surface area contributed by atoms with Gasteiger partial charge in [0.2, 0.25) is 5.89 Å². The summed E-state index contributed by atoms with van der Waals surface area (Å²) in [5.41, 5.74) is 7.31. The molecule has 2 atom stereocenters. The number of nitrogens with zero attached hydrogens (tertiary/aromatic N) is 2. The summed E-state index contributed by atoms with van der Waals surface area (Å²) in [7, 11) is 0. The second-order valence-corrected chi connectivity index (χ2v) is 5.85. The number of hydrogen-bond acceptors (Lipinski definition) is 5. The lowest BCUT2D eigenvalue weighted by Gasteiger charge is -2.05. The van der Waals surface area contributed by atoms with Crippen LogP contribution in [0.4, 0.5) is 0 Å². The van der Waals surface area contributed by atoms with Crippen molar-refractivity contribution in [1.29, 1.82) is 0 Å². The van der Waals surface area contributed by atoms with Gasteiger partial charge in [0.25, 0.3) is 0 Å². The Labute approximate surface area is 116 Å². The smallest absolute Gasteiger partial charge is 0.235 e. The molecular weight excluding hydrogens is 258 g/mol. The van der Waals surface area contributed by atoms with Crippen molar-refractivity contribution in [3.8, 4) is 0 Å². The molecule has 0 spiro atoms. The zero-order valence-electron chi connectivity index (χ0n) is 10.9. The van der Waals surface area contributed by atoms with Crippen LogP contribution in [0.2, 0.25) is 0 Å². The van der Waals surface area contributed by atoms with E-state index in [1.54, 1.807) is 0 Å². The summed E-state index contributed by atoms with van der Waals surface area (Å²) in [6.45, 7) is 2.10. The third-order valence-corrected chi connectivity index (χ3v) is 4.57. The number of rotatable bonds is 4. The van der Waals surface area contributed by atoms with Gasteiger partial charge in [-0.05, 0) is 18.1 Å². The van der Waals surface area contributed by atoms with Crippen molar-refractivity contribution in [2.45, 2.75) is 36.6 Å². The third-order valence-electron chi connectivity index (χ3n) is 3.39. The molecule has 19 heavy (non-hydrogen) atoms. The number of nitrogens with two attached hydrogens (primary N) is 1. The monoisotopic (exact) mass is 275 g/mol. The van der Waals surface area contributed by atoms with Crippen molar-refractivity contribution in [3.05, 3.63) is 41.5 Å². The van der Waals surface area contributed by atoms with Crippen LogP contribution in [0.25, 0.3) is 0 Å². The van der Waals surface area contributed by atoms with E-state index in [1.165, 1.54) is 10.5 Å². The third kappa shape index (κ3) is 2.40. The van der Waals surface area contributed by atoms with Crippen molar-refractivity contribution in [3.63, 3.8) is 0 Å². The molecule has 1 aliphatic rings. The maximum atomic E-state index is 6.02. The second-order valence-electron chi connectivity index (χ2n) is 4.79. The Kier molecular flexibility index (Phi) is 3.57. The van der Waals surface area contributed by atoms with E-state index < -0.39 is 0 Å². The normalized spacial score (nSPS) is 19.4. The first kappa shape index (κ1) is 12.7. The minimum absolute atomic E-state index is 0.119. The first-order chi connectivity index (χ1) is 9.29. The summed E-state index contributed by atoms with van der Waals surface area (Å²) in [6, 6.07) is 8.27. The average molecular weight is 275 g/mol. The molecule has 5 heteroatoms. The Morgan fingerprint density at radius 1 is 1.47 bits per heavy atom. The Balaban J connectivity index is 1.85. The number of fused-ring (bicyclic) bond motifs is 1. The molecule has 2 N–H and O–H groups in total. The molecule has 100 valence electrons. The number of thioether (sulfide) groups is 1. The van der Waals surface area contributed by atoms with E-state index in [2.05, 4.69) is 41.3 Å². The average Bonchev–Trinajstić information content (AvgIpc) is 3.05. The van der Waals surface area contributed by atoms with Crippen molar-refractivity contribution in [1.82, 2.24) is 10.1 Å². The molecule has 1 aromatic carbocycles. The lowest BCUT2D eigenvalue weighted by molar-refractivity contribution is 0.362. The van der Waals surface area contributed by atoms with Crippen molar-refractivity contribution in [2.75, 3.05) is 5.75 Å². The summed E-state index contributed by atoms with van der Waals surface area (Å²) < 4.78 is 5.42. The number of aromatic nitrogens is 2. The number of hydrogen-bond donors (Lipinski definition) is 1. The van der Waals surface area contributed by atoms with Crippen LogP contribution in [0, 0.1) is 0 Å². The van der Waals surface area contributed by atoms with Crippen LogP contribution < -0.4 is 5.73 Å². The van der Waals surface area contributed by atoms with Crippen molar-refractivity contribution in [2.24, 2.45) is 5.73 Å². The zero-order chi connectivity index (χ0) is 13.2. The van der Waals surface area contributed by atoms with Gasteiger partial charge in [-0.15, -0.1) is 11.8 Å². The Bertz CT molecular complexity index is 569. The molecule has 2 unspecified atom stereocenters. The predicted octanol–water partition coefficient (Wildman–Crippen LogP) is 3.11. The van der Waals surface area contributed by atoms with Crippen LogP contribution in [0.5, 0.6) is 0 Å². The van der Waals surface area contributed by atoms with E-state index in [4.69, 9.17) is 10.3 Å². The topological polar surface area (TPSA) is 64.9 Å². The highest BCUT2D eigenvalue weighted by Crippen LogP contribution is 2.42. The van der Waals surface area contributed by atoms with Crippen LogP contribution in [0.15, 0.2) is 33.7 Å². The van der Waals surface area contributed by atoms with Crippen LogP contribution in [-0.4, -0.2) is 15.9 Å². The molecule has 0 saturated carbocycles. The van der Waals surface area contributed by atoms with Gasteiger partial charge in [-0.25, -0.2) is 0 Å². The molecule has 1 aliphatic heterocycles. The van der Waals surface area contributed by atoms with Gasteiger partial charge >= 0.3 is 0 Å². The summed E-state index contributed by atoms with van der Waals surface area (Å²) in [4.78, 5) is 5.80. The van der Waals surface area contributed by atoms with E-state index >= 15 is 0 Å². The summed E-state index contributed by atoms with van der Waals surface area (Å²) in [5.74, 6) is 2.49. The van der Waals surface area contributed by atoms with Crippen LogP contribution in [-0.2, 0) is 0 Å². The maximum Gasteiger partial charge on any atom is 0.235 e. The van der Waals surface area contributed by atoms with Gasteiger partial charge in [-0.3, -0.25) is 0 Å². The van der Waals surface area contributed by atoms with Crippen LogP contribution >= 0.6 is 11.8 Å². The standard InChI is InChI=1S/C14H17N3OS/c1-2-5-11(15)13-16-14(18-17-13)10-8-19-12-7-4-3-6-9(10)12/h3-4,6-7,10-11H,2,5,8,15H2,1H3. The first-order valence-corrected chi connectivity index (χ1v) is 7.59. The highest BCUT2D eigenvalue weighted by atomic mass is 32.2. The van der Waals surface area contributed by atoms with Gasteiger partial charge in [0.15, 0.2) is 5.82 Å². The Morgan fingerprint density at radius 3 is 3.16 bits per heavy atom. The molecule has 0 radical (unpaired) electrons. The lowest BCUT2D eigenvalue weighted by Crippen LogP contribution is -2.11. The van der Waals surface area contributed by atoms with Crippen LogP contribution in [0.1, 0.15) is 49.0 Å². The quantitative estimate of drug-likeness (QED) is 0.928. The zero-order valence-corrected chi connectivity index (χ0v) is 11.7. The van der Waals surface area contributed by atoms with Crippen molar-refractivity contribution >= 4 is 11.8 Å². The van der Waals surface area contributed by atoms with E-state index in [0.717, 1.165) is 18.6 Å². The summed E-state index contributed by atoms with van der Waals surface area (Å²) >= 11 is 1.84. The SMILES string of the molecule is CCCC(N)c1noc(C2CSc3ccccc32)n1. The second kappa shape index (κ2) is 5.35. The van der Waals surface area contributed by atoms with Gasteiger partial charge in [-0.1, -0.05) is 36.7 Å². The molecule has 0 amide bonds. The van der Waals surface area contributed by atoms with Crippen LogP contribution in [0.3, 0.4) is 0 Å². The molecule has 2 aromatic rings. The fourth-order valence-electron chi connectivity index (χ4n) is 2.35. The van der Waals surface area contributed by atoms with Gasteiger partial charge in [-0.2, -0.15) is 4.98 Å². The molecule has 0 aliphatic carbocycles. The largest absolute Gasteiger partial charge is 0.339 e. The van der Waals surface area contributed by atoms with Gasteiger partial charge in [0.1, 0.15) is 0 Å². The fourth-order valence-corrected chi connectivity index (χ4v) is 3.57. The molecule has 0 saturated heterocycles. The summed E-state index contributed by atoms with van der Waals surface area (Å²) in [6.07, 6.45) is 1.90. The molecular formula is C14H17N3OS. The predicted molar refractivity (Wildman–Crippen MR) is 75.1 cm³/mol. The van der Waals surface area contributed by atoms with E-state index in [9.17, 15) is 0 Å². The molecule has 0 fully saturated rings. The highest BCUT2D eigenvalue weighted by Gasteiger charge is 2.29. The Morgan fingerprint density at radius 2 is 2.32 bits per heavy atom. The fraction of sp³-hybridized carbons (Fsp3) is 0.429. The maximum absolute atomic E-state index is 6.02. The minimum Gasteiger partial charge on any atom is -0.339 e. The highest BCUT2D eigenvalue weighted by molar-refractivity contribution is 7.99. The molecule has 0 bridgehead atoms. The minimum atomic E-state index is -0.119. The van der Waals surface area contributed by atoms with Crippen molar-refractivity contribution < 1.29 is 4.52 Å². The first-order valence-electron chi connectivity index (χ1n) is 6.60. The molecule has 4 nitrogen and oxygen atoms in total. The van der Waals surface area contributed by atoms with E-state index in [-0.39, 0.29) is 12.0 Å². The lowest BCUT2D eigenvalue weighted by atomic mass is 10.0. The number of benzene rings is 1. The molecule has 3 rings (SSSR count). The van der Waals surface area contributed by atoms with Gasteiger partial charge in [0.05, 0.1) is 12.0 Å².